The van der Waals surface area contributed by atoms with Crippen LogP contribution in [0.5, 0.6) is 23.1 Å². The third-order valence-electron chi connectivity index (χ3n) is 7.24. The van der Waals surface area contributed by atoms with Gasteiger partial charge in [-0.15, -0.1) is 5.10 Å². The van der Waals surface area contributed by atoms with Gasteiger partial charge in [-0.25, -0.2) is 14.5 Å². The predicted octanol–water partition coefficient (Wildman–Crippen LogP) is 5.20. The van der Waals surface area contributed by atoms with E-state index in [1.807, 2.05) is 49.4 Å². The molecule has 0 saturated heterocycles. The first kappa shape index (κ1) is 24.9. The van der Waals surface area contributed by atoms with Crippen molar-refractivity contribution in [3.8, 4) is 23.1 Å². The van der Waals surface area contributed by atoms with Crippen molar-refractivity contribution in [1.82, 2.24) is 19.6 Å². The number of aromatic nitrogens is 4. The molecular formula is C30H30N4O5. The van der Waals surface area contributed by atoms with Crippen LogP contribution in [-0.4, -0.2) is 39.6 Å². The largest absolute Gasteiger partial charge is 0.493 e. The highest BCUT2D eigenvalue weighted by Crippen LogP contribution is 2.51. The van der Waals surface area contributed by atoms with Gasteiger partial charge in [-0.3, -0.25) is 4.79 Å². The molecule has 9 nitrogen and oxygen atoms in total. The molecule has 0 N–H and O–H groups in total. The molecule has 1 atom stereocenters. The van der Waals surface area contributed by atoms with Crippen LogP contribution in [0.3, 0.4) is 0 Å². The normalized spacial score (nSPS) is 17.9. The summed E-state index contributed by atoms with van der Waals surface area (Å²) in [5, 5.41) is 4.61. The van der Waals surface area contributed by atoms with Crippen LogP contribution in [0.4, 0.5) is 0 Å². The minimum Gasteiger partial charge on any atom is -0.493 e. The lowest BCUT2D eigenvalue weighted by molar-refractivity contribution is -0.118. The van der Waals surface area contributed by atoms with Crippen LogP contribution in [-0.2, 0) is 11.4 Å². The van der Waals surface area contributed by atoms with E-state index in [0.717, 1.165) is 16.9 Å². The molecule has 2 aromatic carbocycles. The summed E-state index contributed by atoms with van der Waals surface area (Å²) in [6, 6.07) is 13.5. The predicted molar refractivity (Wildman–Crippen MR) is 143 cm³/mol. The summed E-state index contributed by atoms with van der Waals surface area (Å²) in [4.78, 5) is 23.1. The molecule has 6 rings (SSSR count). The lowest BCUT2D eigenvalue weighted by Crippen LogP contribution is -2.33. The van der Waals surface area contributed by atoms with Crippen molar-refractivity contribution in [3.05, 3.63) is 82.6 Å². The summed E-state index contributed by atoms with van der Waals surface area (Å²) in [6.07, 6.45) is 2.64. The first-order valence-electron chi connectivity index (χ1n) is 12.9. The molecule has 0 bridgehead atoms. The van der Waals surface area contributed by atoms with Crippen molar-refractivity contribution in [2.24, 2.45) is 5.41 Å². The van der Waals surface area contributed by atoms with E-state index < -0.39 is 5.92 Å². The van der Waals surface area contributed by atoms with Crippen molar-refractivity contribution in [1.29, 1.82) is 0 Å². The van der Waals surface area contributed by atoms with Gasteiger partial charge in [0.1, 0.15) is 24.4 Å². The molecular weight excluding hydrogens is 496 g/mol. The molecule has 2 aromatic heterocycles. The molecule has 0 unspecified atom stereocenters. The van der Waals surface area contributed by atoms with Crippen LogP contribution in [0, 0.1) is 12.3 Å². The van der Waals surface area contributed by atoms with E-state index in [-0.39, 0.29) is 17.8 Å². The number of rotatable bonds is 6. The lowest BCUT2D eigenvalue weighted by Gasteiger charge is -2.37. The van der Waals surface area contributed by atoms with Crippen molar-refractivity contribution < 1.29 is 23.7 Å². The lowest BCUT2D eigenvalue weighted by atomic mass is 9.70. The Bertz CT molecular complexity index is 1620. The molecule has 39 heavy (non-hydrogen) atoms. The average Bonchev–Trinajstić information content (AvgIpc) is 3.34. The Morgan fingerprint density at radius 2 is 1.82 bits per heavy atom. The van der Waals surface area contributed by atoms with Crippen molar-refractivity contribution in [2.45, 2.75) is 46.1 Å². The Labute approximate surface area is 226 Å². The smallest absolute Gasteiger partial charge is 0.228 e. The summed E-state index contributed by atoms with van der Waals surface area (Å²) >= 11 is 0. The molecule has 1 aliphatic heterocycles. The van der Waals surface area contributed by atoms with Gasteiger partial charge in [0.25, 0.3) is 0 Å². The second kappa shape index (κ2) is 9.41. The van der Waals surface area contributed by atoms with Crippen LogP contribution in [0.2, 0.25) is 0 Å². The molecule has 2 aliphatic rings. The van der Waals surface area contributed by atoms with Crippen LogP contribution < -0.4 is 18.9 Å². The maximum absolute atomic E-state index is 13.7. The number of Topliss-reactive ketones (excluding diaryl/α,β-unsaturated/α-hetero) is 1. The van der Waals surface area contributed by atoms with Crippen molar-refractivity contribution >= 4 is 11.4 Å². The number of ketones is 1. The number of methoxy groups -OCH3 is 2. The number of hydrogen-bond donors (Lipinski definition) is 0. The molecule has 0 radical (unpaired) electrons. The third-order valence-corrected chi connectivity index (χ3v) is 7.24. The molecule has 200 valence electrons. The highest BCUT2D eigenvalue weighted by Gasteiger charge is 2.44. The van der Waals surface area contributed by atoms with Gasteiger partial charge in [0.2, 0.25) is 5.88 Å². The third kappa shape index (κ3) is 4.47. The van der Waals surface area contributed by atoms with Gasteiger partial charge in [-0.1, -0.05) is 37.6 Å². The number of carbonyl (C=O) groups is 1. The average molecular weight is 527 g/mol. The number of benzene rings is 2. The number of allylic oxidation sites excluding steroid dienone is 2. The van der Waals surface area contributed by atoms with Gasteiger partial charge in [-0.05, 0) is 42.2 Å². The Morgan fingerprint density at radius 1 is 1.05 bits per heavy atom. The number of carbonyl (C=O) groups excluding carboxylic acids is 1. The number of fused-ring (bicyclic) bond motifs is 3. The summed E-state index contributed by atoms with van der Waals surface area (Å²) < 4.78 is 24.9. The minimum atomic E-state index is -0.460. The Hall–Kier alpha value is -4.40. The highest BCUT2D eigenvalue weighted by molar-refractivity contribution is 6.00. The molecule has 1 aliphatic carbocycles. The van der Waals surface area contributed by atoms with Gasteiger partial charge < -0.3 is 18.9 Å². The molecule has 4 aromatic rings. The number of hydrogen-bond acceptors (Lipinski definition) is 8. The second-order valence-corrected chi connectivity index (χ2v) is 10.8. The molecule has 0 amide bonds. The monoisotopic (exact) mass is 526 g/mol. The van der Waals surface area contributed by atoms with Crippen LogP contribution >= 0.6 is 0 Å². The van der Waals surface area contributed by atoms with Gasteiger partial charge in [0.05, 0.1) is 25.7 Å². The van der Waals surface area contributed by atoms with E-state index >= 15 is 0 Å². The van der Waals surface area contributed by atoms with E-state index in [1.165, 1.54) is 0 Å². The van der Waals surface area contributed by atoms with E-state index in [2.05, 4.69) is 23.9 Å². The van der Waals surface area contributed by atoms with Crippen molar-refractivity contribution in [3.63, 3.8) is 0 Å². The Balaban J connectivity index is 1.48. The SMILES string of the molecule is COc1ccc([C@H]2C3=C(CC(C)(C)CC3=O)Oc3ncn4nc(COc5ccc(C)cc5)nc4c32)cc1OC. The topological polar surface area (TPSA) is 97.1 Å². The van der Waals surface area contributed by atoms with E-state index in [1.54, 1.807) is 25.1 Å². The van der Waals surface area contributed by atoms with Crippen LogP contribution in [0.1, 0.15) is 55.1 Å². The van der Waals surface area contributed by atoms with Gasteiger partial charge in [0.15, 0.2) is 28.8 Å². The molecule has 0 saturated carbocycles. The van der Waals surface area contributed by atoms with Gasteiger partial charge in [0, 0.05) is 18.4 Å². The quantitative estimate of drug-likeness (QED) is 0.338. The fourth-order valence-corrected chi connectivity index (χ4v) is 5.40. The number of ether oxygens (including phenoxy) is 4. The van der Waals surface area contributed by atoms with Gasteiger partial charge in [-0.2, -0.15) is 0 Å². The maximum atomic E-state index is 13.7. The number of aryl methyl sites for hydroxylation is 1. The van der Waals surface area contributed by atoms with E-state index in [9.17, 15) is 4.79 Å². The van der Waals surface area contributed by atoms with E-state index in [4.69, 9.17) is 23.9 Å². The maximum Gasteiger partial charge on any atom is 0.228 e. The first-order valence-corrected chi connectivity index (χ1v) is 12.9. The minimum absolute atomic E-state index is 0.0520. The molecule has 0 fully saturated rings. The summed E-state index contributed by atoms with van der Waals surface area (Å²) in [6.45, 7) is 6.37. The molecule has 3 heterocycles. The first-order chi connectivity index (χ1) is 18.8. The van der Waals surface area contributed by atoms with E-state index in [0.29, 0.717) is 58.6 Å². The fraction of sp³-hybridized carbons (Fsp3) is 0.333. The zero-order valence-corrected chi connectivity index (χ0v) is 22.6. The fourth-order valence-electron chi connectivity index (χ4n) is 5.40. The molecule has 0 spiro atoms. The zero-order chi connectivity index (χ0) is 27.3. The second-order valence-electron chi connectivity index (χ2n) is 10.8. The number of nitrogens with zero attached hydrogens (tertiary/aromatic N) is 4. The summed E-state index contributed by atoms with van der Waals surface area (Å²) in [5.41, 5.74) is 3.67. The standard InChI is InChI=1S/C30H30N4O5/c1-17-6-9-19(10-7-17)38-15-24-32-28-27-25(18-8-11-21(36-4)22(12-18)37-5)26-20(35)13-30(2,3)14-23(26)39-29(27)31-16-34(28)33-24/h6-12,16,25H,13-15H2,1-5H3/t25-/m0/s1. The van der Waals surface area contributed by atoms with Crippen molar-refractivity contribution in [2.75, 3.05) is 14.2 Å². The summed E-state index contributed by atoms with van der Waals surface area (Å²) in [5.74, 6) is 3.07. The Kier molecular flexibility index (Phi) is 6.01. The summed E-state index contributed by atoms with van der Waals surface area (Å²) in [7, 11) is 3.19. The zero-order valence-electron chi connectivity index (χ0n) is 22.6. The highest BCUT2D eigenvalue weighted by atomic mass is 16.5. The van der Waals surface area contributed by atoms with Gasteiger partial charge >= 0.3 is 0 Å². The van der Waals surface area contributed by atoms with Crippen LogP contribution in [0.25, 0.3) is 5.65 Å². The molecule has 9 heteroatoms. The Morgan fingerprint density at radius 3 is 2.56 bits per heavy atom. The van der Waals surface area contributed by atoms with Crippen LogP contribution in [0.15, 0.2) is 60.1 Å².